The molecular weight excluding hydrogens is 334 g/mol. The van der Waals surface area contributed by atoms with Crippen molar-refractivity contribution in [2.24, 2.45) is 0 Å². The summed E-state index contributed by atoms with van der Waals surface area (Å²) in [7, 11) is 0. The number of amides is 1. The highest BCUT2D eigenvalue weighted by Crippen LogP contribution is 2.16. The molecule has 2 aromatic carbocycles. The lowest BCUT2D eigenvalue weighted by Crippen LogP contribution is -2.13. The van der Waals surface area contributed by atoms with Crippen LogP contribution in [0.1, 0.15) is 27.2 Å². The van der Waals surface area contributed by atoms with Crippen LogP contribution in [-0.4, -0.2) is 27.4 Å². The van der Waals surface area contributed by atoms with Crippen LogP contribution in [-0.2, 0) is 17.8 Å². The number of ether oxygens (including phenoxy) is 1. The van der Waals surface area contributed by atoms with E-state index < -0.39 is 12.1 Å². The lowest BCUT2D eigenvalue weighted by molar-refractivity contribution is 0.0696. The normalized spacial score (nSPS) is 10.3. The van der Waals surface area contributed by atoms with Crippen LogP contribution in [0.4, 0.5) is 10.5 Å². The lowest BCUT2D eigenvalue weighted by atomic mass is 10.1. The third-order valence-electron chi connectivity index (χ3n) is 3.72. The van der Waals surface area contributed by atoms with Crippen LogP contribution in [0.25, 0.3) is 0 Å². The number of nitrogens with zero attached hydrogens (tertiary/aromatic N) is 1. The SMILES string of the molecule is O=C(Nc1cccc(Cc2[nH]ncc2C(=O)O)c1)OCc1ccccc1. The van der Waals surface area contributed by atoms with Crippen molar-refractivity contribution in [3.8, 4) is 0 Å². The number of carbonyl (C=O) groups is 2. The molecule has 1 amide bonds. The molecule has 1 aromatic heterocycles. The van der Waals surface area contributed by atoms with Gasteiger partial charge in [-0.05, 0) is 23.3 Å². The number of aromatic carboxylic acids is 1. The largest absolute Gasteiger partial charge is 0.478 e. The molecule has 0 radical (unpaired) electrons. The van der Waals surface area contributed by atoms with E-state index in [1.165, 1.54) is 6.20 Å². The molecule has 0 unspecified atom stereocenters. The fourth-order valence-electron chi connectivity index (χ4n) is 2.47. The number of carboxylic acids is 1. The Morgan fingerprint density at radius 1 is 1.08 bits per heavy atom. The molecule has 0 aliphatic heterocycles. The van der Waals surface area contributed by atoms with E-state index in [0.29, 0.717) is 17.8 Å². The van der Waals surface area contributed by atoms with Crippen LogP contribution in [0.3, 0.4) is 0 Å². The van der Waals surface area contributed by atoms with E-state index in [-0.39, 0.29) is 12.2 Å². The molecule has 0 spiro atoms. The molecule has 0 atom stereocenters. The fourth-order valence-corrected chi connectivity index (χ4v) is 2.47. The summed E-state index contributed by atoms with van der Waals surface area (Å²) in [5, 5.41) is 18.3. The van der Waals surface area contributed by atoms with Gasteiger partial charge in [0.1, 0.15) is 12.2 Å². The van der Waals surface area contributed by atoms with Gasteiger partial charge in [-0.3, -0.25) is 10.4 Å². The number of carboxylic acid groups (broad SMARTS) is 1. The summed E-state index contributed by atoms with van der Waals surface area (Å²) in [5.41, 5.74) is 2.93. The van der Waals surface area contributed by atoms with Gasteiger partial charge in [0.15, 0.2) is 0 Å². The Balaban J connectivity index is 1.61. The molecular formula is C19H17N3O4. The third kappa shape index (κ3) is 4.47. The Hall–Kier alpha value is -3.61. The molecule has 0 saturated heterocycles. The average molecular weight is 351 g/mol. The fraction of sp³-hybridized carbons (Fsp3) is 0.105. The molecule has 7 nitrogen and oxygen atoms in total. The first-order valence-corrected chi connectivity index (χ1v) is 7.94. The molecule has 0 aliphatic carbocycles. The van der Waals surface area contributed by atoms with Gasteiger partial charge in [-0.1, -0.05) is 42.5 Å². The number of aromatic nitrogens is 2. The van der Waals surface area contributed by atoms with Gasteiger partial charge in [-0.2, -0.15) is 5.10 Å². The number of rotatable bonds is 6. The Kier molecular flexibility index (Phi) is 5.28. The summed E-state index contributed by atoms with van der Waals surface area (Å²) in [4.78, 5) is 23.1. The molecule has 132 valence electrons. The summed E-state index contributed by atoms with van der Waals surface area (Å²) < 4.78 is 5.18. The van der Waals surface area contributed by atoms with E-state index in [2.05, 4.69) is 15.5 Å². The van der Waals surface area contributed by atoms with E-state index in [4.69, 9.17) is 9.84 Å². The van der Waals surface area contributed by atoms with Crippen LogP contribution in [0, 0.1) is 0 Å². The monoisotopic (exact) mass is 351 g/mol. The molecule has 0 bridgehead atoms. The highest BCUT2D eigenvalue weighted by molar-refractivity contribution is 5.88. The average Bonchev–Trinajstić information content (AvgIpc) is 3.09. The standard InChI is InChI=1S/C19H17N3O4/c23-18(24)16-11-20-22-17(16)10-14-7-4-8-15(9-14)21-19(25)26-12-13-5-2-1-3-6-13/h1-9,11H,10,12H2,(H,20,22)(H,21,25)(H,23,24). The van der Waals surface area contributed by atoms with Crippen LogP contribution in [0.2, 0.25) is 0 Å². The van der Waals surface area contributed by atoms with Crippen LogP contribution in [0.5, 0.6) is 0 Å². The van der Waals surface area contributed by atoms with Gasteiger partial charge in [-0.15, -0.1) is 0 Å². The van der Waals surface area contributed by atoms with Gasteiger partial charge in [-0.25, -0.2) is 9.59 Å². The predicted octanol–water partition coefficient (Wildman–Crippen LogP) is 3.45. The van der Waals surface area contributed by atoms with Gasteiger partial charge in [0.25, 0.3) is 0 Å². The van der Waals surface area contributed by atoms with Crippen LogP contribution < -0.4 is 5.32 Å². The molecule has 3 rings (SSSR count). The minimum Gasteiger partial charge on any atom is -0.478 e. The number of benzene rings is 2. The number of aromatic amines is 1. The van der Waals surface area contributed by atoms with Crippen molar-refractivity contribution in [2.75, 3.05) is 5.32 Å². The Bertz CT molecular complexity index is 906. The molecule has 0 saturated carbocycles. The predicted molar refractivity (Wildman–Crippen MR) is 95.0 cm³/mol. The Labute approximate surface area is 149 Å². The number of hydrogen-bond acceptors (Lipinski definition) is 4. The zero-order valence-electron chi connectivity index (χ0n) is 13.8. The summed E-state index contributed by atoms with van der Waals surface area (Å²) in [6, 6.07) is 16.5. The number of anilines is 1. The van der Waals surface area contributed by atoms with Gasteiger partial charge in [0.2, 0.25) is 0 Å². The van der Waals surface area contributed by atoms with Gasteiger partial charge < -0.3 is 9.84 Å². The maximum Gasteiger partial charge on any atom is 0.411 e. The van der Waals surface area contributed by atoms with Crippen molar-refractivity contribution in [3.63, 3.8) is 0 Å². The molecule has 0 fully saturated rings. The summed E-state index contributed by atoms with van der Waals surface area (Å²) >= 11 is 0. The summed E-state index contributed by atoms with van der Waals surface area (Å²) in [6.07, 6.45) is 1.08. The first-order chi connectivity index (χ1) is 12.6. The maximum atomic E-state index is 11.9. The van der Waals surface area contributed by atoms with Crippen LogP contribution >= 0.6 is 0 Å². The molecule has 3 aromatic rings. The lowest BCUT2D eigenvalue weighted by Gasteiger charge is -2.08. The first-order valence-electron chi connectivity index (χ1n) is 7.94. The minimum absolute atomic E-state index is 0.130. The maximum absolute atomic E-state index is 11.9. The quantitative estimate of drug-likeness (QED) is 0.631. The first kappa shape index (κ1) is 17.2. The van der Waals surface area contributed by atoms with E-state index >= 15 is 0 Å². The number of hydrogen-bond donors (Lipinski definition) is 3. The van der Waals surface area contributed by atoms with E-state index in [1.807, 2.05) is 36.4 Å². The summed E-state index contributed by atoms with van der Waals surface area (Å²) in [6.45, 7) is 0.183. The smallest absolute Gasteiger partial charge is 0.411 e. The Morgan fingerprint density at radius 3 is 2.62 bits per heavy atom. The van der Waals surface area contributed by atoms with Crippen molar-refractivity contribution in [2.45, 2.75) is 13.0 Å². The summed E-state index contributed by atoms with van der Waals surface area (Å²) in [5.74, 6) is -1.03. The molecule has 1 heterocycles. The molecule has 26 heavy (non-hydrogen) atoms. The van der Waals surface area contributed by atoms with Crippen molar-refractivity contribution in [3.05, 3.63) is 83.2 Å². The van der Waals surface area contributed by atoms with Gasteiger partial charge >= 0.3 is 12.1 Å². The third-order valence-corrected chi connectivity index (χ3v) is 3.72. The highest BCUT2D eigenvalue weighted by Gasteiger charge is 2.13. The van der Waals surface area contributed by atoms with Crippen molar-refractivity contribution >= 4 is 17.7 Å². The van der Waals surface area contributed by atoms with Crippen molar-refractivity contribution in [1.29, 1.82) is 0 Å². The van der Waals surface area contributed by atoms with Crippen molar-refractivity contribution < 1.29 is 19.4 Å². The highest BCUT2D eigenvalue weighted by atomic mass is 16.5. The number of H-pyrrole nitrogens is 1. The second-order valence-electron chi connectivity index (χ2n) is 5.63. The number of nitrogens with one attached hydrogen (secondary N) is 2. The van der Waals surface area contributed by atoms with Crippen molar-refractivity contribution in [1.82, 2.24) is 10.2 Å². The van der Waals surface area contributed by atoms with E-state index in [1.54, 1.807) is 18.2 Å². The minimum atomic E-state index is -1.03. The van der Waals surface area contributed by atoms with Crippen LogP contribution in [0.15, 0.2) is 60.8 Å². The zero-order valence-corrected chi connectivity index (χ0v) is 13.8. The second kappa shape index (κ2) is 7.98. The Morgan fingerprint density at radius 2 is 1.85 bits per heavy atom. The molecule has 0 aliphatic rings. The van der Waals surface area contributed by atoms with E-state index in [0.717, 1.165) is 11.1 Å². The topological polar surface area (TPSA) is 104 Å². The zero-order chi connectivity index (χ0) is 18.4. The molecule has 3 N–H and O–H groups in total. The number of carbonyl (C=O) groups excluding carboxylic acids is 1. The molecule has 7 heteroatoms. The van der Waals surface area contributed by atoms with Gasteiger partial charge in [0, 0.05) is 12.1 Å². The van der Waals surface area contributed by atoms with Gasteiger partial charge in [0.05, 0.1) is 11.9 Å². The second-order valence-corrected chi connectivity index (χ2v) is 5.63. The van der Waals surface area contributed by atoms with E-state index in [9.17, 15) is 9.59 Å².